The van der Waals surface area contributed by atoms with Crippen LogP contribution < -0.4 is 10.5 Å². The van der Waals surface area contributed by atoms with Crippen LogP contribution in [0.5, 0.6) is 0 Å². The molecule has 0 amide bonds. The van der Waals surface area contributed by atoms with E-state index in [4.69, 9.17) is 9.72 Å². The monoisotopic (exact) mass is 405 g/mol. The zero-order valence-electron chi connectivity index (χ0n) is 17.0. The van der Waals surface area contributed by atoms with Gasteiger partial charge in [-0.25, -0.2) is 15.0 Å². The summed E-state index contributed by atoms with van der Waals surface area (Å²) in [6.45, 7) is 1.73. The predicted molar refractivity (Wildman–Crippen MR) is 114 cm³/mol. The zero-order chi connectivity index (χ0) is 20.7. The third-order valence-electron chi connectivity index (χ3n) is 5.74. The maximum atomic E-state index is 13.3. The van der Waals surface area contributed by atoms with Crippen molar-refractivity contribution in [1.29, 1.82) is 0 Å². The van der Waals surface area contributed by atoms with Crippen molar-refractivity contribution in [3.8, 4) is 0 Å². The fourth-order valence-electron chi connectivity index (χ4n) is 4.31. The summed E-state index contributed by atoms with van der Waals surface area (Å²) < 4.78 is 8.77. The highest BCUT2D eigenvalue weighted by Gasteiger charge is 2.32. The lowest BCUT2D eigenvalue weighted by molar-refractivity contribution is 0.184. The number of nitrogens with zero attached hydrogens (tertiary/aromatic N) is 7. The normalized spacial score (nSPS) is 16.7. The number of aromatic nitrogens is 6. The van der Waals surface area contributed by atoms with E-state index in [1.807, 2.05) is 31.3 Å². The lowest BCUT2D eigenvalue weighted by Crippen LogP contribution is -2.33. The predicted octanol–water partition coefficient (Wildman–Crippen LogP) is 2.06. The van der Waals surface area contributed by atoms with Gasteiger partial charge in [0, 0.05) is 20.7 Å². The van der Waals surface area contributed by atoms with E-state index in [0.29, 0.717) is 24.1 Å². The zero-order valence-corrected chi connectivity index (χ0v) is 17.0. The lowest BCUT2D eigenvalue weighted by Gasteiger charge is -2.27. The number of ether oxygens (including phenoxy) is 1. The Morgan fingerprint density at radius 2 is 2.07 bits per heavy atom. The molecule has 0 bridgehead atoms. The van der Waals surface area contributed by atoms with E-state index in [-0.39, 0.29) is 11.6 Å². The van der Waals surface area contributed by atoms with Crippen molar-refractivity contribution in [2.75, 3.05) is 25.2 Å². The highest BCUT2D eigenvalue weighted by molar-refractivity contribution is 5.87. The van der Waals surface area contributed by atoms with Crippen molar-refractivity contribution in [2.45, 2.75) is 25.4 Å². The number of aryl methyl sites for hydroxylation is 1. The first-order valence-electron chi connectivity index (χ1n) is 10.1. The fourth-order valence-corrected chi connectivity index (χ4v) is 4.31. The van der Waals surface area contributed by atoms with Gasteiger partial charge >= 0.3 is 0 Å². The van der Waals surface area contributed by atoms with E-state index in [2.05, 4.69) is 20.0 Å². The standard InChI is InChI=1S/C21H23N7O2/c1-26-18-15(12-24-26)19(23-13-22-18)27-9-5-8-17(27)20-25-16-7-4-3-6-14(16)21(29)28(20)10-11-30-2/h3-4,6-7,12-13,17H,5,8-11H2,1-2H3. The fraction of sp³-hybridized carbons (Fsp3) is 0.381. The van der Waals surface area contributed by atoms with Gasteiger partial charge in [0.25, 0.3) is 5.56 Å². The molecule has 0 N–H and O–H groups in total. The van der Waals surface area contributed by atoms with Crippen LogP contribution in [-0.2, 0) is 18.3 Å². The van der Waals surface area contributed by atoms with Crippen molar-refractivity contribution in [3.63, 3.8) is 0 Å². The molecule has 9 nitrogen and oxygen atoms in total. The first-order chi connectivity index (χ1) is 14.7. The van der Waals surface area contributed by atoms with E-state index in [1.54, 1.807) is 28.9 Å². The summed E-state index contributed by atoms with van der Waals surface area (Å²) >= 11 is 0. The molecule has 0 spiro atoms. The summed E-state index contributed by atoms with van der Waals surface area (Å²) in [6.07, 6.45) is 5.25. The van der Waals surface area contributed by atoms with Gasteiger partial charge in [0.15, 0.2) is 5.65 Å². The average Bonchev–Trinajstić information content (AvgIpc) is 3.40. The number of benzene rings is 1. The van der Waals surface area contributed by atoms with E-state index in [1.165, 1.54) is 0 Å². The van der Waals surface area contributed by atoms with Gasteiger partial charge in [0.1, 0.15) is 18.0 Å². The Balaban J connectivity index is 1.67. The third-order valence-corrected chi connectivity index (χ3v) is 5.74. The van der Waals surface area contributed by atoms with Crippen molar-refractivity contribution in [2.24, 2.45) is 7.05 Å². The van der Waals surface area contributed by atoms with E-state index in [9.17, 15) is 4.79 Å². The van der Waals surface area contributed by atoms with E-state index < -0.39 is 0 Å². The number of hydrogen-bond donors (Lipinski definition) is 0. The van der Waals surface area contributed by atoms with Crippen LogP contribution in [0.25, 0.3) is 21.9 Å². The number of para-hydroxylation sites is 1. The van der Waals surface area contributed by atoms with Gasteiger partial charge < -0.3 is 9.64 Å². The Hall–Kier alpha value is -3.33. The summed E-state index contributed by atoms with van der Waals surface area (Å²) in [5, 5.41) is 5.86. The number of fused-ring (bicyclic) bond motifs is 2. The molecule has 4 heterocycles. The molecule has 1 aliphatic heterocycles. The molecule has 30 heavy (non-hydrogen) atoms. The summed E-state index contributed by atoms with van der Waals surface area (Å²) in [5.74, 6) is 1.58. The highest BCUT2D eigenvalue weighted by Crippen LogP contribution is 2.37. The summed E-state index contributed by atoms with van der Waals surface area (Å²) in [4.78, 5) is 29.4. The molecule has 1 aromatic carbocycles. The SMILES string of the molecule is COCCn1c(C2CCCN2c2ncnc3c2cnn3C)nc2ccccc2c1=O. The second-order valence-corrected chi connectivity index (χ2v) is 7.49. The minimum absolute atomic E-state index is 0.0336. The first-order valence-corrected chi connectivity index (χ1v) is 10.1. The van der Waals surface area contributed by atoms with Crippen LogP contribution in [-0.4, -0.2) is 49.6 Å². The van der Waals surface area contributed by atoms with Crippen LogP contribution in [0, 0.1) is 0 Å². The maximum Gasteiger partial charge on any atom is 0.261 e. The summed E-state index contributed by atoms with van der Waals surface area (Å²) in [5.41, 5.74) is 1.47. The molecule has 0 radical (unpaired) electrons. The molecule has 9 heteroatoms. The Morgan fingerprint density at radius 1 is 1.20 bits per heavy atom. The molecule has 1 atom stereocenters. The molecule has 1 saturated heterocycles. The van der Waals surface area contributed by atoms with Crippen LogP contribution in [0.2, 0.25) is 0 Å². The van der Waals surface area contributed by atoms with Gasteiger partial charge in [-0.3, -0.25) is 14.0 Å². The van der Waals surface area contributed by atoms with Gasteiger partial charge in [-0.1, -0.05) is 12.1 Å². The number of rotatable bonds is 5. The van der Waals surface area contributed by atoms with Crippen molar-refractivity contribution >= 4 is 27.8 Å². The van der Waals surface area contributed by atoms with Crippen LogP contribution in [0.3, 0.4) is 0 Å². The maximum absolute atomic E-state index is 13.3. The first kappa shape index (κ1) is 18.7. The molecule has 0 saturated carbocycles. The Labute approximate surface area is 172 Å². The van der Waals surface area contributed by atoms with E-state index >= 15 is 0 Å². The Morgan fingerprint density at radius 3 is 2.93 bits per heavy atom. The van der Waals surface area contributed by atoms with Crippen molar-refractivity contribution in [1.82, 2.24) is 29.3 Å². The molecule has 0 aliphatic carbocycles. The molecule has 3 aromatic heterocycles. The summed E-state index contributed by atoms with van der Waals surface area (Å²) in [6, 6.07) is 7.44. The van der Waals surface area contributed by atoms with Gasteiger partial charge in [-0.2, -0.15) is 5.10 Å². The number of hydrogen-bond acceptors (Lipinski definition) is 7. The van der Waals surface area contributed by atoms with Crippen LogP contribution >= 0.6 is 0 Å². The van der Waals surface area contributed by atoms with Crippen LogP contribution in [0.1, 0.15) is 24.7 Å². The topological polar surface area (TPSA) is 91.0 Å². The quantitative estimate of drug-likeness (QED) is 0.502. The minimum atomic E-state index is -0.0579. The highest BCUT2D eigenvalue weighted by atomic mass is 16.5. The van der Waals surface area contributed by atoms with Crippen LogP contribution in [0.4, 0.5) is 5.82 Å². The lowest BCUT2D eigenvalue weighted by atomic mass is 10.1. The smallest absolute Gasteiger partial charge is 0.261 e. The van der Waals surface area contributed by atoms with Crippen LogP contribution in [0.15, 0.2) is 41.6 Å². The van der Waals surface area contributed by atoms with Gasteiger partial charge in [0.05, 0.1) is 41.7 Å². The molecule has 1 aliphatic rings. The largest absolute Gasteiger partial charge is 0.383 e. The average molecular weight is 405 g/mol. The number of anilines is 1. The molecule has 4 aromatic rings. The van der Waals surface area contributed by atoms with Crippen molar-refractivity contribution < 1.29 is 4.74 Å². The molecular weight excluding hydrogens is 382 g/mol. The molecular formula is C21H23N7O2. The van der Waals surface area contributed by atoms with Crippen molar-refractivity contribution in [3.05, 3.63) is 53.0 Å². The minimum Gasteiger partial charge on any atom is -0.383 e. The molecule has 154 valence electrons. The van der Waals surface area contributed by atoms with Gasteiger partial charge in [-0.15, -0.1) is 0 Å². The molecule has 5 rings (SSSR count). The molecule has 1 unspecified atom stereocenters. The van der Waals surface area contributed by atoms with Gasteiger partial charge in [0.2, 0.25) is 0 Å². The third kappa shape index (κ3) is 2.93. The van der Waals surface area contributed by atoms with E-state index in [0.717, 1.165) is 42.1 Å². The second kappa shape index (κ2) is 7.49. The Bertz CT molecular complexity index is 1280. The second-order valence-electron chi connectivity index (χ2n) is 7.49. The number of methoxy groups -OCH3 is 1. The summed E-state index contributed by atoms with van der Waals surface area (Å²) in [7, 11) is 3.51. The molecule has 1 fully saturated rings. The van der Waals surface area contributed by atoms with Gasteiger partial charge in [-0.05, 0) is 25.0 Å². The Kier molecular flexibility index (Phi) is 4.66.